The van der Waals surface area contributed by atoms with Crippen LogP contribution in [0.1, 0.15) is 25.3 Å². The van der Waals surface area contributed by atoms with E-state index in [0.717, 1.165) is 11.6 Å². The van der Waals surface area contributed by atoms with Gasteiger partial charge < -0.3 is 5.11 Å². The van der Waals surface area contributed by atoms with Crippen molar-refractivity contribution in [3.05, 3.63) is 53.8 Å². The summed E-state index contributed by atoms with van der Waals surface area (Å²) in [4.78, 5) is 0.0550. The lowest BCUT2D eigenvalue weighted by atomic mass is 10.0. The normalized spacial score (nSPS) is 11.6. The molecule has 0 bridgehead atoms. The Morgan fingerprint density at radius 3 is 2.24 bits per heavy atom. The summed E-state index contributed by atoms with van der Waals surface area (Å²) < 4.78 is 40.1. The molecule has 0 aliphatic heterocycles. The SMILES string of the molecule is CC(C)c1ccc(S(=O)(=O)Nc2ccc(O)cc2F)cc1. The number of benzene rings is 2. The average molecular weight is 309 g/mol. The van der Waals surface area contributed by atoms with E-state index in [2.05, 4.69) is 4.72 Å². The van der Waals surface area contributed by atoms with Gasteiger partial charge in [0.25, 0.3) is 10.0 Å². The maximum absolute atomic E-state index is 13.6. The molecule has 0 fully saturated rings. The minimum Gasteiger partial charge on any atom is -0.508 e. The van der Waals surface area contributed by atoms with Crippen LogP contribution in [0.4, 0.5) is 10.1 Å². The van der Waals surface area contributed by atoms with Gasteiger partial charge in [0.05, 0.1) is 10.6 Å². The van der Waals surface area contributed by atoms with Gasteiger partial charge in [-0.1, -0.05) is 26.0 Å². The lowest BCUT2D eigenvalue weighted by Crippen LogP contribution is -2.14. The number of anilines is 1. The first-order chi connectivity index (χ1) is 9.79. The minimum atomic E-state index is -3.86. The van der Waals surface area contributed by atoms with E-state index in [9.17, 15) is 12.8 Å². The molecule has 0 spiro atoms. The van der Waals surface area contributed by atoms with Crippen LogP contribution in [0.2, 0.25) is 0 Å². The number of nitrogens with one attached hydrogen (secondary N) is 1. The maximum Gasteiger partial charge on any atom is 0.261 e. The zero-order valence-corrected chi connectivity index (χ0v) is 12.5. The van der Waals surface area contributed by atoms with Crippen LogP contribution in [0.15, 0.2) is 47.4 Å². The van der Waals surface area contributed by atoms with Crippen LogP contribution in [-0.2, 0) is 10.0 Å². The lowest BCUT2D eigenvalue weighted by Gasteiger charge is -2.10. The van der Waals surface area contributed by atoms with E-state index in [1.165, 1.54) is 24.3 Å². The van der Waals surface area contributed by atoms with Crippen LogP contribution in [0.3, 0.4) is 0 Å². The molecule has 2 rings (SSSR count). The summed E-state index contributed by atoms with van der Waals surface area (Å²) in [5.74, 6) is -0.807. The van der Waals surface area contributed by atoms with Crippen molar-refractivity contribution in [1.29, 1.82) is 0 Å². The molecule has 0 aliphatic rings. The molecular weight excluding hydrogens is 293 g/mol. The molecule has 4 nitrogen and oxygen atoms in total. The Hall–Kier alpha value is -2.08. The van der Waals surface area contributed by atoms with Gasteiger partial charge in [-0.25, -0.2) is 12.8 Å². The summed E-state index contributed by atoms with van der Waals surface area (Å²) in [7, 11) is -3.86. The third kappa shape index (κ3) is 3.52. The molecule has 0 radical (unpaired) electrons. The summed E-state index contributed by atoms with van der Waals surface area (Å²) in [6, 6.07) is 9.65. The standard InChI is InChI=1S/C15H16FNO3S/c1-10(2)11-3-6-13(7-4-11)21(19,20)17-15-8-5-12(18)9-14(15)16/h3-10,17-18H,1-2H3. The fraction of sp³-hybridized carbons (Fsp3) is 0.200. The van der Waals surface area contributed by atoms with Crippen molar-refractivity contribution in [2.24, 2.45) is 0 Å². The van der Waals surface area contributed by atoms with Gasteiger partial charge in [-0.3, -0.25) is 4.72 Å². The van der Waals surface area contributed by atoms with E-state index in [1.54, 1.807) is 12.1 Å². The maximum atomic E-state index is 13.6. The van der Waals surface area contributed by atoms with Gasteiger partial charge in [0.1, 0.15) is 5.75 Å². The topological polar surface area (TPSA) is 66.4 Å². The molecule has 0 atom stereocenters. The number of rotatable bonds is 4. The molecule has 21 heavy (non-hydrogen) atoms. The first-order valence-electron chi connectivity index (χ1n) is 6.41. The number of aromatic hydroxyl groups is 1. The van der Waals surface area contributed by atoms with Gasteiger partial charge in [-0.2, -0.15) is 0 Å². The molecule has 0 unspecified atom stereocenters. The minimum absolute atomic E-state index is 0.0550. The van der Waals surface area contributed by atoms with Crippen molar-refractivity contribution in [1.82, 2.24) is 0 Å². The highest BCUT2D eigenvalue weighted by Gasteiger charge is 2.16. The van der Waals surface area contributed by atoms with Crippen molar-refractivity contribution < 1.29 is 17.9 Å². The molecule has 2 aromatic carbocycles. The molecule has 0 amide bonds. The van der Waals surface area contributed by atoms with Crippen LogP contribution in [0.25, 0.3) is 0 Å². The second-order valence-electron chi connectivity index (χ2n) is 4.99. The molecule has 0 saturated carbocycles. The third-order valence-corrected chi connectivity index (χ3v) is 4.44. The van der Waals surface area contributed by atoms with Crippen LogP contribution in [-0.4, -0.2) is 13.5 Å². The Bertz CT molecular complexity index is 740. The molecule has 0 aromatic heterocycles. The molecule has 2 aromatic rings. The Kier molecular flexibility index (Phi) is 4.18. The Morgan fingerprint density at radius 2 is 1.71 bits per heavy atom. The van der Waals surface area contributed by atoms with Gasteiger partial charge in [-0.05, 0) is 35.7 Å². The zero-order chi connectivity index (χ0) is 15.6. The highest BCUT2D eigenvalue weighted by molar-refractivity contribution is 7.92. The number of hydrogen-bond acceptors (Lipinski definition) is 3. The van der Waals surface area contributed by atoms with Crippen LogP contribution < -0.4 is 4.72 Å². The van der Waals surface area contributed by atoms with E-state index in [0.29, 0.717) is 5.92 Å². The van der Waals surface area contributed by atoms with Gasteiger partial charge >= 0.3 is 0 Å². The predicted octanol–water partition coefficient (Wildman–Crippen LogP) is 3.46. The third-order valence-electron chi connectivity index (χ3n) is 3.05. The average Bonchev–Trinajstić information content (AvgIpc) is 2.42. The lowest BCUT2D eigenvalue weighted by molar-refractivity contribution is 0.469. The van der Waals surface area contributed by atoms with Crippen molar-refractivity contribution in [3.8, 4) is 5.75 Å². The summed E-state index contributed by atoms with van der Waals surface area (Å²) in [6.45, 7) is 4.02. The summed E-state index contributed by atoms with van der Waals surface area (Å²) >= 11 is 0. The van der Waals surface area contributed by atoms with Crippen LogP contribution in [0, 0.1) is 5.82 Å². The highest BCUT2D eigenvalue weighted by atomic mass is 32.2. The van der Waals surface area contributed by atoms with E-state index in [-0.39, 0.29) is 16.3 Å². The number of halogens is 1. The van der Waals surface area contributed by atoms with Gasteiger partial charge in [0, 0.05) is 6.07 Å². The van der Waals surface area contributed by atoms with Crippen LogP contribution >= 0.6 is 0 Å². The van der Waals surface area contributed by atoms with Crippen molar-refractivity contribution in [3.63, 3.8) is 0 Å². The van der Waals surface area contributed by atoms with Gasteiger partial charge in [0.15, 0.2) is 5.82 Å². The van der Waals surface area contributed by atoms with Crippen LogP contribution in [0.5, 0.6) is 5.75 Å². The summed E-state index contributed by atoms with van der Waals surface area (Å²) in [5.41, 5.74) is 0.811. The molecule has 0 aliphatic carbocycles. The largest absolute Gasteiger partial charge is 0.508 e. The summed E-state index contributed by atoms with van der Waals surface area (Å²) in [5, 5.41) is 9.12. The number of phenolic OH excluding ortho intramolecular Hbond substituents is 1. The van der Waals surface area contributed by atoms with Crippen molar-refractivity contribution in [2.75, 3.05) is 4.72 Å². The first kappa shape index (κ1) is 15.3. The number of sulfonamides is 1. The van der Waals surface area contributed by atoms with E-state index >= 15 is 0 Å². The summed E-state index contributed by atoms with van der Waals surface area (Å²) in [6.07, 6.45) is 0. The second kappa shape index (κ2) is 5.73. The van der Waals surface area contributed by atoms with Gasteiger partial charge in [-0.15, -0.1) is 0 Å². The number of hydrogen-bond donors (Lipinski definition) is 2. The molecule has 6 heteroatoms. The molecule has 0 heterocycles. The van der Waals surface area contributed by atoms with E-state index in [1.807, 2.05) is 13.8 Å². The molecule has 0 saturated heterocycles. The predicted molar refractivity (Wildman–Crippen MR) is 79.4 cm³/mol. The Morgan fingerprint density at radius 1 is 1.10 bits per heavy atom. The zero-order valence-electron chi connectivity index (χ0n) is 11.7. The van der Waals surface area contributed by atoms with Crippen molar-refractivity contribution >= 4 is 15.7 Å². The molecule has 2 N–H and O–H groups in total. The fourth-order valence-electron chi connectivity index (χ4n) is 1.82. The monoisotopic (exact) mass is 309 g/mol. The highest BCUT2D eigenvalue weighted by Crippen LogP contribution is 2.23. The fourth-order valence-corrected chi connectivity index (χ4v) is 2.89. The smallest absolute Gasteiger partial charge is 0.261 e. The quantitative estimate of drug-likeness (QED) is 0.850. The number of phenols is 1. The van der Waals surface area contributed by atoms with Crippen molar-refractivity contribution in [2.45, 2.75) is 24.7 Å². The van der Waals surface area contributed by atoms with Gasteiger partial charge in [0.2, 0.25) is 0 Å². The second-order valence-corrected chi connectivity index (χ2v) is 6.68. The Labute approximate surface area is 123 Å². The molecular formula is C15H16FNO3S. The first-order valence-corrected chi connectivity index (χ1v) is 7.89. The Balaban J connectivity index is 2.29. The van der Waals surface area contributed by atoms with E-state index in [4.69, 9.17) is 5.11 Å². The van der Waals surface area contributed by atoms with E-state index < -0.39 is 15.8 Å². The molecule has 112 valence electrons.